The summed E-state index contributed by atoms with van der Waals surface area (Å²) in [7, 11) is 0. The number of amides is 7. The molecule has 0 aliphatic carbocycles. The van der Waals surface area contributed by atoms with E-state index in [1.165, 1.54) is 27.7 Å². The fourth-order valence-corrected chi connectivity index (χ4v) is 6.43. The number of hydrogen-bond donors (Lipinski definition) is 6. The fourth-order valence-electron chi connectivity index (χ4n) is 6.43. The number of ether oxygens (including phenoxy) is 5. The van der Waals surface area contributed by atoms with Crippen molar-refractivity contribution in [1.82, 2.24) is 16.0 Å². The molecule has 368 valence electrons. The van der Waals surface area contributed by atoms with Gasteiger partial charge in [-0.15, -0.1) is 12.4 Å². The number of carbonyl (C=O) groups excluding carboxylic acids is 9. The van der Waals surface area contributed by atoms with Crippen molar-refractivity contribution in [2.75, 3.05) is 24.2 Å². The van der Waals surface area contributed by atoms with E-state index in [9.17, 15) is 43.2 Å². The van der Waals surface area contributed by atoms with E-state index in [0.29, 0.717) is 37.1 Å². The van der Waals surface area contributed by atoms with Crippen LogP contribution in [0.15, 0.2) is 48.5 Å². The highest BCUT2D eigenvalue weighted by molar-refractivity contribution is 6.04. The molecule has 2 aromatic rings. The van der Waals surface area contributed by atoms with Crippen molar-refractivity contribution < 1.29 is 66.8 Å². The van der Waals surface area contributed by atoms with E-state index in [1.807, 2.05) is 13.8 Å². The number of imide groups is 2. The lowest BCUT2D eigenvalue weighted by Gasteiger charge is -2.35. The Kier molecular flexibility index (Phi) is 22.5. The molecule has 2 fully saturated rings. The smallest absolute Gasteiger partial charge is 0.414 e. The van der Waals surface area contributed by atoms with Gasteiger partial charge in [-0.25, -0.2) is 24.0 Å². The fraction of sp³-hybridized carbons (Fsp3) is 0.533. The summed E-state index contributed by atoms with van der Waals surface area (Å²) in [6.45, 7) is 13.4. The zero-order valence-corrected chi connectivity index (χ0v) is 38.3. The first-order valence-electron chi connectivity index (χ1n) is 20.2. The molecule has 66 heavy (non-hydrogen) atoms. The molecule has 2 aliphatic heterocycles. The van der Waals surface area contributed by atoms with Gasteiger partial charge in [-0.2, -0.15) is 0 Å². The van der Waals surface area contributed by atoms with Gasteiger partial charge in [-0.3, -0.25) is 40.4 Å². The Hall–Kier alpha value is -6.28. The van der Waals surface area contributed by atoms with Gasteiger partial charge in [-0.1, -0.05) is 53.0 Å². The molecule has 0 spiro atoms. The summed E-state index contributed by atoms with van der Waals surface area (Å²) < 4.78 is 24.4. The third kappa shape index (κ3) is 16.6. The molecule has 0 saturated carbocycles. The molecule has 2 aromatic carbocycles. The molecule has 2 unspecified atom stereocenters. The van der Waals surface area contributed by atoms with Crippen LogP contribution in [0, 0.1) is 0 Å². The predicted octanol–water partition coefficient (Wildman–Crippen LogP) is 6.38. The highest BCUT2D eigenvalue weighted by atomic mass is 35.5. The highest BCUT2D eigenvalue weighted by Crippen LogP contribution is 2.37. The van der Waals surface area contributed by atoms with Crippen molar-refractivity contribution in [3.8, 4) is 0 Å². The number of halogens is 1. The van der Waals surface area contributed by atoms with Crippen LogP contribution in [0.2, 0.25) is 0 Å². The lowest BCUT2D eigenvalue weighted by molar-refractivity contribution is -0.158. The summed E-state index contributed by atoms with van der Waals surface area (Å²) in [6.07, 6.45) is -0.00647. The molecule has 2 heterocycles. The minimum absolute atomic E-state index is 0. The number of esters is 2. The van der Waals surface area contributed by atoms with Crippen molar-refractivity contribution in [2.45, 2.75) is 143 Å². The quantitative estimate of drug-likeness (QED) is 0.0550. The van der Waals surface area contributed by atoms with Crippen molar-refractivity contribution in [1.29, 1.82) is 0 Å². The van der Waals surface area contributed by atoms with E-state index in [4.69, 9.17) is 29.4 Å². The van der Waals surface area contributed by atoms with E-state index < -0.39 is 71.3 Å². The van der Waals surface area contributed by atoms with Gasteiger partial charge in [0.2, 0.25) is 37.2 Å². The summed E-state index contributed by atoms with van der Waals surface area (Å²) in [6, 6.07) is 13.4. The van der Waals surface area contributed by atoms with Gasteiger partial charge in [0.15, 0.2) is 0 Å². The number of alkyl carbamates (subject to hydrolysis) is 1. The van der Waals surface area contributed by atoms with E-state index >= 15 is 0 Å². The van der Waals surface area contributed by atoms with Gasteiger partial charge in [0.25, 0.3) is 0 Å². The van der Waals surface area contributed by atoms with Gasteiger partial charge in [0.05, 0.1) is 10.8 Å². The van der Waals surface area contributed by atoms with Gasteiger partial charge in [-0.05, 0) is 110 Å². The van der Waals surface area contributed by atoms with Crippen LogP contribution in [0.4, 0.5) is 25.8 Å². The van der Waals surface area contributed by atoms with Crippen LogP contribution >= 0.6 is 12.4 Å². The Bertz CT molecular complexity index is 2050. The van der Waals surface area contributed by atoms with Gasteiger partial charge in [0.1, 0.15) is 16.7 Å². The molecule has 7 N–H and O–H groups in total. The Morgan fingerprint density at radius 1 is 0.606 bits per heavy atom. The van der Waals surface area contributed by atoms with Crippen molar-refractivity contribution in [3.63, 3.8) is 0 Å². The first-order valence-corrected chi connectivity index (χ1v) is 20.2. The molecule has 0 bridgehead atoms. The van der Waals surface area contributed by atoms with Crippen molar-refractivity contribution in [3.05, 3.63) is 59.7 Å². The zero-order valence-electron chi connectivity index (χ0n) is 37.5. The van der Waals surface area contributed by atoms with E-state index in [1.54, 1.807) is 69.3 Å². The average molecular weight is 952 g/mol. The predicted molar refractivity (Wildman–Crippen MR) is 246 cm³/mol. The van der Waals surface area contributed by atoms with Crippen molar-refractivity contribution in [2.24, 2.45) is 5.73 Å². The molecule has 20 nitrogen and oxygen atoms in total. The number of benzene rings is 2. The number of nitrogens with one attached hydrogen (secondary N) is 5. The molecule has 2 atom stereocenters. The Morgan fingerprint density at radius 3 is 1.29 bits per heavy atom. The maximum absolute atomic E-state index is 12.5. The summed E-state index contributed by atoms with van der Waals surface area (Å²) in [5, 5.41) is 12.2. The Labute approximate surface area is 392 Å². The van der Waals surface area contributed by atoms with Crippen LogP contribution in [0.25, 0.3) is 0 Å². The molecule has 7 amide bonds. The maximum Gasteiger partial charge on any atom is 0.414 e. The standard InChI is InChI=1S/C24H33N3O8.C19H25N3O6.2CH4.ClH/c1-7-24(13-12-17(28)26-18(24)29)15-8-10-16(11-9-15)25-20(31)34-14-33-19(30)23(5,6)27-21(32)35-22(2,3)4;1-4-19(10-9-14(23)22-15(19)24)12-5-7-13(8-6-12)21-17(26)28-11-27-16(25)18(2,3)20;;;/h8-11H,7,12-14H2,1-6H3,(H,25,31)(H,27,32)(H,26,28,29);5-8H,4,9-11,20H2,1-3H3,(H,21,26)(H,22,23,24);2*1H4;1H. The largest absolute Gasteiger partial charge is 0.444 e. The molecule has 2 saturated heterocycles. The second-order valence-corrected chi connectivity index (χ2v) is 17.0. The van der Waals surface area contributed by atoms with Crippen LogP contribution in [-0.2, 0) is 63.3 Å². The molecule has 4 rings (SSSR count). The first kappa shape index (κ1) is 59.7. The molecule has 0 radical (unpaired) electrons. The third-order valence-corrected chi connectivity index (χ3v) is 10.1. The summed E-state index contributed by atoms with van der Waals surface area (Å²) >= 11 is 0. The van der Waals surface area contributed by atoms with Gasteiger partial charge >= 0.3 is 30.2 Å². The van der Waals surface area contributed by atoms with Crippen LogP contribution < -0.4 is 32.3 Å². The SMILES string of the molecule is C.C.CCC1(c2ccc(NC(=O)OCOC(=O)C(C)(C)N)cc2)CCC(=O)NC1=O.CCC1(c2ccc(NC(=O)OCOC(=O)C(C)(C)NC(=O)OC(C)(C)C)cc2)CCC(=O)NC1=O.Cl. The number of nitrogens with two attached hydrogens (primary N) is 1. The number of hydrogen-bond acceptors (Lipinski definition) is 15. The maximum atomic E-state index is 12.5. The topological polar surface area (TPSA) is 286 Å². The summed E-state index contributed by atoms with van der Waals surface area (Å²) in [5.74, 6) is -2.72. The molecule has 0 aromatic heterocycles. The van der Waals surface area contributed by atoms with Crippen LogP contribution in [0.5, 0.6) is 0 Å². The average Bonchev–Trinajstić information content (AvgIpc) is 3.18. The molecular formula is C45H67ClN6O14. The minimum Gasteiger partial charge on any atom is -0.444 e. The normalized spacial score (nSPS) is 18.0. The van der Waals surface area contributed by atoms with Gasteiger partial charge < -0.3 is 34.7 Å². The molecular weight excluding hydrogens is 884 g/mol. The monoisotopic (exact) mass is 950 g/mol. The number of piperidine rings is 2. The van der Waals surface area contributed by atoms with Crippen molar-refractivity contribution >= 4 is 77.6 Å². The number of rotatable bonds is 13. The summed E-state index contributed by atoms with van der Waals surface area (Å²) in [5.41, 5.74) is 3.00. The van der Waals surface area contributed by atoms with Gasteiger partial charge in [0, 0.05) is 24.2 Å². The van der Waals surface area contributed by atoms with E-state index in [0.717, 1.165) is 11.1 Å². The first-order chi connectivity index (χ1) is 29.3. The van der Waals surface area contributed by atoms with E-state index in [-0.39, 0.29) is 63.7 Å². The van der Waals surface area contributed by atoms with E-state index in [2.05, 4.69) is 26.6 Å². The van der Waals surface area contributed by atoms with Crippen LogP contribution in [-0.4, -0.2) is 84.1 Å². The highest BCUT2D eigenvalue weighted by Gasteiger charge is 2.44. The number of anilines is 2. The zero-order chi connectivity index (χ0) is 47.4. The Morgan fingerprint density at radius 2 is 0.970 bits per heavy atom. The Balaban J connectivity index is 0.00000125. The third-order valence-electron chi connectivity index (χ3n) is 10.1. The van der Waals surface area contributed by atoms with Crippen LogP contribution in [0.1, 0.15) is 127 Å². The molecule has 21 heteroatoms. The second-order valence-electron chi connectivity index (χ2n) is 17.0. The van der Waals surface area contributed by atoms with Crippen LogP contribution in [0.3, 0.4) is 0 Å². The second kappa shape index (κ2) is 24.9. The lowest BCUT2D eigenvalue weighted by atomic mass is 9.72. The lowest BCUT2D eigenvalue weighted by Crippen LogP contribution is -2.52. The summed E-state index contributed by atoms with van der Waals surface area (Å²) in [4.78, 5) is 107. The number of carbonyl (C=O) groups is 9. The molecule has 2 aliphatic rings. The minimum atomic E-state index is -1.41.